The molecule has 0 aliphatic carbocycles. The van der Waals surface area contributed by atoms with E-state index in [-0.39, 0.29) is 11.9 Å². The molecule has 3 aromatic rings. The fourth-order valence-electron chi connectivity index (χ4n) is 3.14. The van der Waals surface area contributed by atoms with E-state index < -0.39 is 0 Å². The molecule has 1 aliphatic heterocycles. The Morgan fingerprint density at radius 3 is 3.00 bits per heavy atom. The van der Waals surface area contributed by atoms with Gasteiger partial charge in [0.15, 0.2) is 5.82 Å². The molecule has 25 heavy (non-hydrogen) atoms. The molecule has 1 aliphatic rings. The van der Waals surface area contributed by atoms with Gasteiger partial charge in [-0.2, -0.15) is 4.98 Å². The molecule has 130 valence electrons. The molecule has 0 unspecified atom stereocenters. The largest absolute Gasteiger partial charge is 0.419 e. The first-order valence-electron chi connectivity index (χ1n) is 8.31. The van der Waals surface area contributed by atoms with Gasteiger partial charge in [-0.05, 0) is 44.5 Å². The van der Waals surface area contributed by atoms with Crippen molar-refractivity contribution in [2.45, 2.75) is 38.8 Å². The Kier molecular flexibility index (Phi) is 4.27. The highest BCUT2D eigenvalue weighted by molar-refractivity contribution is 5.52. The number of benzene rings is 1. The van der Waals surface area contributed by atoms with Crippen molar-refractivity contribution in [3.63, 3.8) is 0 Å². The lowest BCUT2D eigenvalue weighted by Crippen LogP contribution is -2.33. The summed E-state index contributed by atoms with van der Waals surface area (Å²) in [5.41, 5.74) is 0.571. The minimum atomic E-state index is -0.333. The summed E-state index contributed by atoms with van der Waals surface area (Å²) in [6, 6.07) is 6.17. The summed E-state index contributed by atoms with van der Waals surface area (Å²) >= 11 is 0. The van der Waals surface area contributed by atoms with Crippen LogP contribution in [0.1, 0.15) is 42.9 Å². The standard InChI is InChI=1S/C17H18FN5O2/c1-11-19-17(25-22-11)14-7-2-3-8-23(14)10-15-20-21-16(24-15)12-5-4-6-13(18)9-12/h4-6,9,14H,2-3,7-8,10H2,1H3/t14-/m1/s1. The average molecular weight is 343 g/mol. The maximum absolute atomic E-state index is 13.4. The Bertz CT molecular complexity index is 862. The Morgan fingerprint density at radius 1 is 1.28 bits per heavy atom. The van der Waals surface area contributed by atoms with Crippen LogP contribution < -0.4 is 0 Å². The van der Waals surface area contributed by atoms with Gasteiger partial charge in [-0.25, -0.2) is 4.39 Å². The summed E-state index contributed by atoms with van der Waals surface area (Å²) in [5, 5.41) is 12.0. The number of nitrogens with zero attached hydrogens (tertiary/aromatic N) is 5. The van der Waals surface area contributed by atoms with Crippen LogP contribution in [0.2, 0.25) is 0 Å². The molecular weight excluding hydrogens is 325 g/mol. The quantitative estimate of drug-likeness (QED) is 0.719. The number of halogens is 1. The van der Waals surface area contributed by atoms with Gasteiger partial charge < -0.3 is 8.94 Å². The van der Waals surface area contributed by atoms with Crippen molar-refractivity contribution < 1.29 is 13.3 Å². The first-order valence-corrected chi connectivity index (χ1v) is 8.31. The predicted molar refractivity (Wildman–Crippen MR) is 85.7 cm³/mol. The van der Waals surface area contributed by atoms with E-state index in [9.17, 15) is 4.39 Å². The van der Waals surface area contributed by atoms with E-state index >= 15 is 0 Å². The predicted octanol–water partition coefficient (Wildman–Crippen LogP) is 3.29. The van der Waals surface area contributed by atoms with E-state index in [1.165, 1.54) is 12.1 Å². The summed E-state index contributed by atoms with van der Waals surface area (Å²) in [5.74, 6) is 1.73. The second-order valence-electron chi connectivity index (χ2n) is 6.17. The van der Waals surface area contributed by atoms with Crippen LogP contribution in [-0.4, -0.2) is 31.8 Å². The normalized spacial score (nSPS) is 18.6. The van der Waals surface area contributed by atoms with Gasteiger partial charge in [0.05, 0.1) is 12.6 Å². The number of hydrogen-bond acceptors (Lipinski definition) is 7. The SMILES string of the molecule is Cc1noc([C@H]2CCCCN2Cc2nnc(-c3cccc(F)c3)o2)n1. The molecule has 1 aromatic carbocycles. The summed E-state index contributed by atoms with van der Waals surface area (Å²) in [4.78, 5) is 6.57. The minimum Gasteiger partial charge on any atom is -0.419 e. The van der Waals surface area contributed by atoms with Gasteiger partial charge in [0, 0.05) is 5.56 Å². The van der Waals surface area contributed by atoms with E-state index in [0.717, 1.165) is 25.8 Å². The molecular formula is C17H18FN5O2. The van der Waals surface area contributed by atoms with E-state index in [1.54, 1.807) is 12.1 Å². The smallest absolute Gasteiger partial charge is 0.247 e. The van der Waals surface area contributed by atoms with E-state index in [1.807, 2.05) is 6.92 Å². The number of hydrogen-bond donors (Lipinski definition) is 0. The van der Waals surface area contributed by atoms with Gasteiger partial charge in [-0.3, -0.25) is 4.90 Å². The first-order chi connectivity index (χ1) is 12.2. The number of likely N-dealkylation sites (tertiary alicyclic amines) is 1. The van der Waals surface area contributed by atoms with Crippen molar-refractivity contribution in [3.8, 4) is 11.5 Å². The van der Waals surface area contributed by atoms with Crippen LogP contribution in [0.4, 0.5) is 4.39 Å². The fourth-order valence-corrected chi connectivity index (χ4v) is 3.14. The third-order valence-corrected chi connectivity index (χ3v) is 4.32. The van der Waals surface area contributed by atoms with Gasteiger partial charge in [-0.1, -0.05) is 17.6 Å². The molecule has 1 fully saturated rings. The minimum absolute atomic E-state index is 0.0551. The Labute approximate surface area is 143 Å². The molecule has 0 spiro atoms. The average Bonchev–Trinajstić information content (AvgIpc) is 3.25. The summed E-state index contributed by atoms with van der Waals surface area (Å²) < 4.78 is 24.4. The number of rotatable bonds is 4. The maximum Gasteiger partial charge on any atom is 0.247 e. The van der Waals surface area contributed by atoms with Crippen LogP contribution in [-0.2, 0) is 6.54 Å². The number of piperidine rings is 1. The molecule has 1 saturated heterocycles. The van der Waals surface area contributed by atoms with E-state index in [0.29, 0.717) is 35.6 Å². The second-order valence-corrected chi connectivity index (χ2v) is 6.17. The first kappa shape index (κ1) is 15.9. The zero-order valence-corrected chi connectivity index (χ0v) is 13.9. The van der Waals surface area contributed by atoms with Crippen LogP contribution in [0.25, 0.3) is 11.5 Å². The second kappa shape index (κ2) is 6.72. The molecule has 8 heteroatoms. The molecule has 0 bridgehead atoms. The Morgan fingerprint density at radius 2 is 2.20 bits per heavy atom. The zero-order chi connectivity index (χ0) is 17.2. The summed E-state index contributed by atoms with van der Waals surface area (Å²) in [6.07, 6.45) is 3.15. The summed E-state index contributed by atoms with van der Waals surface area (Å²) in [7, 11) is 0. The van der Waals surface area contributed by atoms with Crippen LogP contribution >= 0.6 is 0 Å². The number of aryl methyl sites for hydroxylation is 1. The van der Waals surface area contributed by atoms with Crippen LogP contribution in [0, 0.1) is 12.7 Å². The maximum atomic E-state index is 13.4. The number of aromatic nitrogens is 4. The lowest BCUT2D eigenvalue weighted by atomic mass is 10.0. The van der Waals surface area contributed by atoms with Gasteiger partial charge in [0.1, 0.15) is 5.82 Å². The fraction of sp³-hybridized carbons (Fsp3) is 0.412. The highest BCUT2D eigenvalue weighted by Crippen LogP contribution is 2.31. The third kappa shape index (κ3) is 3.43. The van der Waals surface area contributed by atoms with Crippen molar-refractivity contribution in [3.05, 3.63) is 47.7 Å². The van der Waals surface area contributed by atoms with Gasteiger partial charge >= 0.3 is 0 Å². The molecule has 1 atom stereocenters. The van der Waals surface area contributed by atoms with E-state index in [4.69, 9.17) is 8.94 Å². The van der Waals surface area contributed by atoms with Crippen LogP contribution in [0.3, 0.4) is 0 Å². The lowest BCUT2D eigenvalue weighted by molar-refractivity contribution is 0.102. The van der Waals surface area contributed by atoms with Crippen LogP contribution in [0.15, 0.2) is 33.2 Å². The Balaban J connectivity index is 1.52. The Hall–Kier alpha value is -2.61. The highest BCUT2D eigenvalue weighted by Gasteiger charge is 2.29. The van der Waals surface area contributed by atoms with Crippen molar-refractivity contribution in [1.29, 1.82) is 0 Å². The molecule has 0 N–H and O–H groups in total. The zero-order valence-electron chi connectivity index (χ0n) is 13.9. The van der Waals surface area contributed by atoms with Crippen molar-refractivity contribution in [2.75, 3.05) is 6.54 Å². The molecule has 0 amide bonds. The summed E-state index contributed by atoms with van der Waals surface area (Å²) in [6.45, 7) is 3.20. The molecule has 0 radical (unpaired) electrons. The topological polar surface area (TPSA) is 81.1 Å². The van der Waals surface area contributed by atoms with Gasteiger partial charge in [0.2, 0.25) is 17.7 Å². The van der Waals surface area contributed by atoms with Crippen molar-refractivity contribution >= 4 is 0 Å². The van der Waals surface area contributed by atoms with Crippen molar-refractivity contribution in [1.82, 2.24) is 25.2 Å². The van der Waals surface area contributed by atoms with Crippen molar-refractivity contribution in [2.24, 2.45) is 0 Å². The third-order valence-electron chi connectivity index (χ3n) is 4.32. The van der Waals surface area contributed by atoms with Gasteiger partial charge in [0.25, 0.3) is 0 Å². The molecule has 0 saturated carbocycles. The van der Waals surface area contributed by atoms with Crippen LogP contribution in [0.5, 0.6) is 0 Å². The van der Waals surface area contributed by atoms with E-state index in [2.05, 4.69) is 25.2 Å². The highest BCUT2D eigenvalue weighted by atomic mass is 19.1. The van der Waals surface area contributed by atoms with Gasteiger partial charge in [-0.15, -0.1) is 10.2 Å². The molecule has 7 nitrogen and oxygen atoms in total. The molecule has 2 aromatic heterocycles. The monoisotopic (exact) mass is 343 g/mol. The molecule has 4 rings (SSSR count). The molecule has 3 heterocycles. The lowest BCUT2D eigenvalue weighted by Gasteiger charge is -2.32.